The number of nitrogen functional groups attached to an aromatic ring is 1. The van der Waals surface area contributed by atoms with Gasteiger partial charge in [0, 0.05) is 12.6 Å². The van der Waals surface area contributed by atoms with Crippen LogP contribution in [-0.2, 0) is 16.0 Å². The van der Waals surface area contributed by atoms with Gasteiger partial charge in [0.05, 0.1) is 24.9 Å². The van der Waals surface area contributed by atoms with Gasteiger partial charge in [-0.15, -0.1) is 0 Å². The fourth-order valence-corrected chi connectivity index (χ4v) is 1.86. The number of nitrogens with zero attached hydrogens (tertiary/aromatic N) is 1. The smallest absolute Gasteiger partial charge is 0.309 e. The van der Waals surface area contributed by atoms with Crippen molar-refractivity contribution in [1.29, 1.82) is 0 Å². The highest BCUT2D eigenvalue weighted by Crippen LogP contribution is 2.23. The molecule has 0 unspecified atom stereocenters. The molecule has 0 bridgehead atoms. The first-order valence-electron chi connectivity index (χ1n) is 6.24. The molecule has 1 aromatic heterocycles. The molecule has 0 aliphatic carbocycles. The van der Waals surface area contributed by atoms with Crippen LogP contribution in [0.3, 0.4) is 0 Å². The Balaban J connectivity index is 2.23. The normalized spacial score (nSPS) is 10.1. The third-order valence-corrected chi connectivity index (χ3v) is 2.99. The maximum atomic E-state index is 11.2. The van der Waals surface area contributed by atoms with Gasteiger partial charge in [-0.1, -0.05) is 24.3 Å². The van der Waals surface area contributed by atoms with Crippen molar-refractivity contribution < 1.29 is 9.53 Å². The van der Waals surface area contributed by atoms with Crippen molar-refractivity contribution in [2.45, 2.75) is 6.42 Å². The molecule has 0 radical (unpaired) electrons. The van der Waals surface area contributed by atoms with E-state index in [1.807, 2.05) is 36.4 Å². The molecule has 0 fully saturated rings. The molecule has 0 saturated heterocycles. The van der Waals surface area contributed by atoms with E-state index in [0.717, 1.165) is 16.8 Å². The summed E-state index contributed by atoms with van der Waals surface area (Å²) in [7, 11) is 3.16. The van der Waals surface area contributed by atoms with Crippen molar-refractivity contribution in [3.05, 3.63) is 42.0 Å². The minimum atomic E-state index is -0.249. The molecule has 5 nitrogen and oxygen atoms in total. The molecule has 2 aromatic rings. The van der Waals surface area contributed by atoms with Crippen LogP contribution < -0.4 is 11.1 Å². The Bertz CT molecular complexity index is 609. The number of methoxy groups -OCH3 is 1. The number of hydrogen-bond acceptors (Lipinski definition) is 5. The standard InChI is InChI=1S/C15H17N3O2/c1-17-15-12(16)7-8-13(18-15)11-5-3-10(4-6-11)9-14(19)20-2/h3-8H,9,16H2,1-2H3,(H,17,18). The van der Waals surface area contributed by atoms with Gasteiger partial charge in [-0.3, -0.25) is 4.79 Å². The molecule has 3 N–H and O–H groups in total. The summed E-state index contributed by atoms with van der Waals surface area (Å²) in [6.45, 7) is 0. The minimum Gasteiger partial charge on any atom is -0.469 e. The SMILES string of the molecule is CNc1nc(-c2ccc(CC(=O)OC)cc2)ccc1N. The summed E-state index contributed by atoms with van der Waals surface area (Å²) in [5.41, 5.74) is 9.11. The van der Waals surface area contributed by atoms with Crippen molar-refractivity contribution >= 4 is 17.5 Å². The molecular weight excluding hydrogens is 254 g/mol. The molecule has 1 aromatic carbocycles. The number of carbonyl (C=O) groups excluding carboxylic acids is 1. The number of rotatable bonds is 4. The van der Waals surface area contributed by atoms with Crippen LogP contribution in [-0.4, -0.2) is 25.1 Å². The third-order valence-electron chi connectivity index (χ3n) is 2.99. The minimum absolute atomic E-state index is 0.249. The Morgan fingerprint density at radius 2 is 1.95 bits per heavy atom. The van der Waals surface area contributed by atoms with Gasteiger partial charge in [0.25, 0.3) is 0 Å². The molecule has 20 heavy (non-hydrogen) atoms. The second kappa shape index (κ2) is 6.06. The molecule has 0 atom stereocenters. The number of anilines is 2. The van der Waals surface area contributed by atoms with E-state index in [0.29, 0.717) is 11.5 Å². The van der Waals surface area contributed by atoms with Crippen molar-refractivity contribution in [3.8, 4) is 11.3 Å². The van der Waals surface area contributed by atoms with Crippen molar-refractivity contribution in [2.24, 2.45) is 0 Å². The van der Waals surface area contributed by atoms with Crippen LogP contribution in [0.2, 0.25) is 0 Å². The van der Waals surface area contributed by atoms with E-state index in [4.69, 9.17) is 5.73 Å². The van der Waals surface area contributed by atoms with Crippen LogP contribution >= 0.6 is 0 Å². The van der Waals surface area contributed by atoms with E-state index in [1.165, 1.54) is 7.11 Å². The van der Waals surface area contributed by atoms with Gasteiger partial charge in [0.15, 0.2) is 0 Å². The predicted octanol–water partition coefficient (Wildman–Crippen LogP) is 2.09. The molecule has 0 amide bonds. The zero-order valence-electron chi connectivity index (χ0n) is 11.5. The number of carbonyl (C=O) groups is 1. The van der Waals surface area contributed by atoms with Crippen LogP contribution in [0.15, 0.2) is 36.4 Å². The molecule has 0 saturated carbocycles. The summed E-state index contributed by atoms with van der Waals surface area (Å²) in [4.78, 5) is 15.6. The first-order chi connectivity index (χ1) is 9.63. The Morgan fingerprint density at radius 3 is 2.55 bits per heavy atom. The number of nitrogens with two attached hydrogens (primary N) is 1. The van der Waals surface area contributed by atoms with E-state index >= 15 is 0 Å². The fraction of sp³-hybridized carbons (Fsp3) is 0.200. The number of hydrogen-bond donors (Lipinski definition) is 2. The van der Waals surface area contributed by atoms with Gasteiger partial charge in [-0.05, 0) is 17.7 Å². The first kappa shape index (κ1) is 13.9. The number of benzene rings is 1. The molecule has 0 spiro atoms. The molecule has 5 heteroatoms. The summed E-state index contributed by atoms with van der Waals surface area (Å²) in [6.07, 6.45) is 0.272. The number of pyridine rings is 1. The Labute approximate surface area is 117 Å². The maximum Gasteiger partial charge on any atom is 0.309 e. The Kier molecular flexibility index (Phi) is 4.20. The fourth-order valence-electron chi connectivity index (χ4n) is 1.86. The summed E-state index contributed by atoms with van der Waals surface area (Å²) in [6, 6.07) is 11.3. The Hall–Kier alpha value is -2.56. The van der Waals surface area contributed by atoms with Crippen molar-refractivity contribution in [1.82, 2.24) is 4.98 Å². The second-order valence-electron chi connectivity index (χ2n) is 4.33. The molecule has 0 aliphatic rings. The summed E-state index contributed by atoms with van der Waals surface area (Å²) < 4.78 is 4.64. The lowest BCUT2D eigenvalue weighted by molar-refractivity contribution is -0.139. The molecule has 1 heterocycles. The van der Waals surface area contributed by atoms with Crippen LogP contribution in [0.5, 0.6) is 0 Å². The highest BCUT2D eigenvalue weighted by atomic mass is 16.5. The number of aromatic nitrogens is 1. The van der Waals surface area contributed by atoms with E-state index < -0.39 is 0 Å². The zero-order chi connectivity index (χ0) is 14.5. The lowest BCUT2D eigenvalue weighted by Crippen LogP contribution is -2.04. The van der Waals surface area contributed by atoms with E-state index in [1.54, 1.807) is 7.05 Å². The van der Waals surface area contributed by atoms with Crippen LogP contribution in [0.4, 0.5) is 11.5 Å². The molecule has 104 valence electrons. The van der Waals surface area contributed by atoms with Gasteiger partial charge >= 0.3 is 5.97 Å². The molecule has 2 rings (SSSR count). The average molecular weight is 271 g/mol. The first-order valence-corrected chi connectivity index (χ1v) is 6.24. The predicted molar refractivity (Wildman–Crippen MR) is 79.4 cm³/mol. The lowest BCUT2D eigenvalue weighted by atomic mass is 10.1. The highest BCUT2D eigenvalue weighted by Gasteiger charge is 2.06. The zero-order valence-corrected chi connectivity index (χ0v) is 11.5. The molecule has 0 aliphatic heterocycles. The van der Waals surface area contributed by atoms with Crippen LogP contribution in [0, 0.1) is 0 Å². The molecular formula is C15H17N3O2. The van der Waals surface area contributed by atoms with Crippen LogP contribution in [0.25, 0.3) is 11.3 Å². The van der Waals surface area contributed by atoms with E-state index in [-0.39, 0.29) is 12.4 Å². The number of esters is 1. The summed E-state index contributed by atoms with van der Waals surface area (Å²) in [5, 5.41) is 2.95. The monoisotopic (exact) mass is 271 g/mol. The van der Waals surface area contributed by atoms with Crippen molar-refractivity contribution in [3.63, 3.8) is 0 Å². The topological polar surface area (TPSA) is 77.2 Å². The number of ether oxygens (including phenoxy) is 1. The largest absolute Gasteiger partial charge is 0.469 e. The number of nitrogens with one attached hydrogen (secondary N) is 1. The average Bonchev–Trinajstić information content (AvgIpc) is 2.48. The van der Waals surface area contributed by atoms with Gasteiger partial charge in [0.1, 0.15) is 5.82 Å². The Morgan fingerprint density at radius 1 is 1.25 bits per heavy atom. The summed E-state index contributed by atoms with van der Waals surface area (Å²) in [5.74, 6) is 0.405. The van der Waals surface area contributed by atoms with Gasteiger partial charge in [-0.25, -0.2) is 4.98 Å². The highest BCUT2D eigenvalue weighted by molar-refractivity contribution is 5.73. The second-order valence-corrected chi connectivity index (χ2v) is 4.33. The quantitative estimate of drug-likeness (QED) is 0.833. The van der Waals surface area contributed by atoms with E-state index in [9.17, 15) is 4.79 Å². The van der Waals surface area contributed by atoms with Crippen molar-refractivity contribution in [2.75, 3.05) is 25.2 Å². The van der Waals surface area contributed by atoms with Crippen LogP contribution in [0.1, 0.15) is 5.56 Å². The van der Waals surface area contributed by atoms with E-state index in [2.05, 4.69) is 15.0 Å². The van der Waals surface area contributed by atoms with Gasteiger partial charge in [0.2, 0.25) is 0 Å². The third kappa shape index (κ3) is 3.06. The van der Waals surface area contributed by atoms with Gasteiger partial charge < -0.3 is 15.8 Å². The summed E-state index contributed by atoms with van der Waals surface area (Å²) >= 11 is 0. The maximum absolute atomic E-state index is 11.2. The lowest BCUT2D eigenvalue weighted by Gasteiger charge is -2.08. The van der Waals surface area contributed by atoms with Gasteiger partial charge in [-0.2, -0.15) is 0 Å².